The number of rotatable bonds is 5. The third-order valence-corrected chi connectivity index (χ3v) is 2.33. The van der Waals surface area contributed by atoms with Crippen molar-refractivity contribution in [3.8, 4) is 11.5 Å². The highest BCUT2D eigenvalue weighted by Gasteiger charge is 2.16. The number of hydrogen-bond donors (Lipinski definition) is 3. The number of phenols is 1. The van der Waals surface area contributed by atoms with Gasteiger partial charge in [0.2, 0.25) is 0 Å². The van der Waals surface area contributed by atoms with Gasteiger partial charge in [0.1, 0.15) is 6.04 Å². The van der Waals surface area contributed by atoms with Crippen molar-refractivity contribution in [2.75, 3.05) is 14.2 Å². The van der Waals surface area contributed by atoms with E-state index in [0.29, 0.717) is 12.2 Å². The predicted octanol–water partition coefficient (Wildman–Crippen LogP) is 0.616. The highest BCUT2D eigenvalue weighted by molar-refractivity contribution is 5.73. The van der Waals surface area contributed by atoms with E-state index in [2.05, 4.69) is 5.32 Å². The Morgan fingerprint density at radius 3 is 2.75 bits per heavy atom. The van der Waals surface area contributed by atoms with E-state index in [1.54, 1.807) is 19.2 Å². The number of carbonyl (C=O) groups is 1. The molecule has 0 radical (unpaired) electrons. The zero-order chi connectivity index (χ0) is 12.1. The SMILES string of the molecule is CNC(Cc1ccc(O)c(OC)c1)C(=O)O. The Morgan fingerprint density at radius 1 is 1.56 bits per heavy atom. The van der Waals surface area contributed by atoms with E-state index in [1.165, 1.54) is 13.2 Å². The number of aliphatic carboxylic acids is 1. The molecule has 0 fully saturated rings. The number of carboxylic acid groups (broad SMARTS) is 1. The van der Waals surface area contributed by atoms with E-state index in [0.717, 1.165) is 5.56 Å². The predicted molar refractivity (Wildman–Crippen MR) is 58.8 cm³/mol. The number of benzene rings is 1. The maximum atomic E-state index is 10.8. The quantitative estimate of drug-likeness (QED) is 0.684. The number of ether oxygens (including phenoxy) is 1. The molecule has 1 rings (SSSR count). The van der Waals surface area contributed by atoms with Crippen LogP contribution in [0.4, 0.5) is 0 Å². The molecule has 0 aliphatic carbocycles. The summed E-state index contributed by atoms with van der Waals surface area (Å²) in [6, 6.07) is 4.14. The van der Waals surface area contributed by atoms with Gasteiger partial charge >= 0.3 is 5.97 Å². The molecule has 5 nitrogen and oxygen atoms in total. The number of likely N-dealkylation sites (N-methyl/N-ethyl adjacent to an activating group) is 1. The minimum absolute atomic E-state index is 0.0441. The van der Waals surface area contributed by atoms with Crippen LogP contribution in [0.1, 0.15) is 5.56 Å². The molecule has 0 saturated heterocycles. The second kappa shape index (κ2) is 5.37. The Bertz CT molecular complexity index is 378. The van der Waals surface area contributed by atoms with Gasteiger partial charge in [-0.15, -0.1) is 0 Å². The normalized spacial score (nSPS) is 12.1. The number of hydrogen-bond acceptors (Lipinski definition) is 4. The lowest BCUT2D eigenvalue weighted by Crippen LogP contribution is -2.35. The Balaban J connectivity index is 2.84. The average Bonchev–Trinajstić information content (AvgIpc) is 2.27. The van der Waals surface area contributed by atoms with Gasteiger partial charge in [-0.05, 0) is 31.2 Å². The van der Waals surface area contributed by atoms with Crippen LogP contribution in [0.3, 0.4) is 0 Å². The van der Waals surface area contributed by atoms with Gasteiger partial charge in [0.05, 0.1) is 7.11 Å². The van der Waals surface area contributed by atoms with E-state index in [9.17, 15) is 9.90 Å². The van der Waals surface area contributed by atoms with Crippen molar-refractivity contribution in [3.63, 3.8) is 0 Å². The Kier molecular flexibility index (Phi) is 4.13. The maximum Gasteiger partial charge on any atom is 0.321 e. The van der Waals surface area contributed by atoms with Crippen molar-refractivity contribution in [3.05, 3.63) is 23.8 Å². The first-order valence-electron chi connectivity index (χ1n) is 4.84. The molecular weight excluding hydrogens is 210 g/mol. The maximum absolute atomic E-state index is 10.8. The van der Waals surface area contributed by atoms with E-state index < -0.39 is 12.0 Å². The van der Waals surface area contributed by atoms with E-state index in [4.69, 9.17) is 9.84 Å². The fraction of sp³-hybridized carbons (Fsp3) is 0.364. The first-order chi connectivity index (χ1) is 7.58. The lowest BCUT2D eigenvalue weighted by atomic mass is 10.1. The van der Waals surface area contributed by atoms with E-state index >= 15 is 0 Å². The smallest absolute Gasteiger partial charge is 0.321 e. The molecular formula is C11H15NO4. The van der Waals surface area contributed by atoms with Crippen molar-refractivity contribution in [2.45, 2.75) is 12.5 Å². The standard InChI is InChI=1S/C11H15NO4/c1-12-8(11(14)15)5-7-3-4-9(13)10(6-7)16-2/h3-4,6,8,12-13H,5H2,1-2H3,(H,14,15). The van der Waals surface area contributed by atoms with Crippen LogP contribution < -0.4 is 10.1 Å². The second-order valence-corrected chi connectivity index (χ2v) is 3.39. The molecule has 0 amide bonds. The molecule has 0 bridgehead atoms. The highest BCUT2D eigenvalue weighted by Crippen LogP contribution is 2.26. The zero-order valence-corrected chi connectivity index (χ0v) is 9.23. The monoisotopic (exact) mass is 225 g/mol. The molecule has 1 aromatic carbocycles. The largest absolute Gasteiger partial charge is 0.504 e. The molecule has 88 valence electrons. The van der Waals surface area contributed by atoms with Crippen LogP contribution in [0, 0.1) is 0 Å². The Labute approximate surface area is 93.7 Å². The van der Waals surface area contributed by atoms with Gasteiger partial charge in [-0.1, -0.05) is 6.07 Å². The number of methoxy groups -OCH3 is 1. The summed E-state index contributed by atoms with van der Waals surface area (Å²) in [5.74, 6) is -0.519. The van der Waals surface area contributed by atoms with Crippen molar-refractivity contribution in [1.82, 2.24) is 5.32 Å². The van der Waals surface area contributed by atoms with Crippen LogP contribution in [0.2, 0.25) is 0 Å². The zero-order valence-electron chi connectivity index (χ0n) is 9.23. The lowest BCUT2D eigenvalue weighted by Gasteiger charge is -2.12. The van der Waals surface area contributed by atoms with Gasteiger partial charge in [-0.3, -0.25) is 4.79 Å². The summed E-state index contributed by atoms with van der Waals surface area (Å²) in [5, 5.41) is 21.0. The number of nitrogens with one attached hydrogen (secondary N) is 1. The van der Waals surface area contributed by atoms with Crippen LogP contribution in [0.5, 0.6) is 11.5 Å². The van der Waals surface area contributed by atoms with Gasteiger partial charge in [0.25, 0.3) is 0 Å². The van der Waals surface area contributed by atoms with E-state index in [-0.39, 0.29) is 5.75 Å². The van der Waals surface area contributed by atoms with Gasteiger partial charge in [0, 0.05) is 0 Å². The van der Waals surface area contributed by atoms with Crippen LogP contribution in [0.25, 0.3) is 0 Å². The summed E-state index contributed by atoms with van der Waals surface area (Å²) in [6.07, 6.45) is 0.336. The Morgan fingerprint density at radius 2 is 2.25 bits per heavy atom. The first kappa shape index (κ1) is 12.3. The number of carboxylic acids is 1. The molecule has 0 heterocycles. The van der Waals surface area contributed by atoms with Crippen LogP contribution >= 0.6 is 0 Å². The fourth-order valence-corrected chi connectivity index (χ4v) is 1.40. The van der Waals surface area contributed by atoms with Crippen molar-refractivity contribution < 1.29 is 19.7 Å². The summed E-state index contributed by atoms with van der Waals surface area (Å²) < 4.78 is 4.94. The van der Waals surface area contributed by atoms with Crippen molar-refractivity contribution in [2.24, 2.45) is 0 Å². The van der Waals surface area contributed by atoms with Crippen LogP contribution in [-0.2, 0) is 11.2 Å². The molecule has 1 aromatic rings. The molecule has 0 saturated carbocycles. The molecule has 0 aromatic heterocycles. The van der Waals surface area contributed by atoms with Gasteiger partial charge < -0.3 is 20.3 Å². The molecule has 5 heteroatoms. The lowest BCUT2D eigenvalue weighted by molar-refractivity contribution is -0.139. The van der Waals surface area contributed by atoms with Crippen molar-refractivity contribution >= 4 is 5.97 Å². The van der Waals surface area contributed by atoms with Gasteiger partial charge in [0.15, 0.2) is 11.5 Å². The molecule has 3 N–H and O–H groups in total. The Hall–Kier alpha value is -1.75. The minimum atomic E-state index is -0.908. The fourth-order valence-electron chi connectivity index (χ4n) is 1.40. The molecule has 0 spiro atoms. The number of phenolic OH excluding ortho intramolecular Hbond substituents is 1. The molecule has 1 atom stereocenters. The van der Waals surface area contributed by atoms with E-state index in [1.807, 2.05) is 0 Å². The second-order valence-electron chi connectivity index (χ2n) is 3.39. The molecule has 0 aliphatic rings. The van der Waals surface area contributed by atoms with Gasteiger partial charge in [-0.2, -0.15) is 0 Å². The van der Waals surface area contributed by atoms with Crippen LogP contribution in [-0.4, -0.2) is 36.4 Å². The summed E-state index contributed by atoms with van der Waals surface area (Å²) in [5.41, 5.74) is 0.788. The first-order valence-corrected chi connectivity index (χ1v) is 4.84. The summed E-state index contributed by atoms with van der Waals surface area (Å²) in [4.78, 5) is 10.8. The minimum Gasteiger partial charge on any atom is -0.504 e. The summed E-state index contributed by atoms with van der Waals surface area (Å²) >= 11 is 0. The van der Waals surface area contributed by atoms with Gasteiger partial charge in [-0.25, -0.2) is 0 Å². The molecule has 1 unspecified atom stereocenters. The van der Waals surface area contributed by atoms with Crippen molar-refractivity contribution in [1.29, 1.82) is 0 Å². The third kappa shape index (κ3) is 2.87. The third-order valence-electron chi connectivity index (χ3n) is 2.33. The molecule has 16 heavy (non-hydrogen) atoms. The average molecular weight is 225 g/mol. The molecule has 0 aliphatic heterocycles. The topological polar surface area (TPSA) is 78.8 Å². The highest BCUT2D eigenvalue weighted by atomic mass is 16.5. The summed E-state index contributed by atoms with van der Waals surface area (Å²) in [6.45, 7) is 0. The number of aromatic hydroxyl groups is 1. The van der Waals surface area contributed by atoms with Crippen LogP contribution in [0.15, 0.2) is 18.2 Å². The summed E-state index contributed by atoms with van der Waals surface area (Å²) in [7, 11) is 3.04.